The topological polar surface area (TPSA) is 146 Å². The van der Waals surface area contributed by atoms with Crippen LogP contribution in [0.4, 0.5) is 0 Å². The predicted octanol–water partition coefficient (Wildman–Crippen LogP) is 4.99. The fourth-order valence-corrected chi connectivity index (χ4v) is 8.20. The van der Waals surface area contributed by atoms with Gasteiger partial charge in [-0.1, -0.05) is 36.4 Å². The fraction of sp³-hybridized carbons (Fsp3) is 0.194. The van der Waals surface area contributed by atoms with E-state index in [0.29, 0.717) is 31.9 Å². The van der Waals surface area contributed by atoms with Crippen LogP contribution in [0.5, 0.6) is 17.2 Å². The first-order valence-electron chi connectivity index (χ1n) is 13.7. The van der Waals surface area contributed by atoms with Crippen molar-refractivity contribution in [2.24, 2.45) is 0 Å². The second-order valence-electron chi connectivity index (χ2n) is 9.96. The highest BCUT2D eigenvalue weighted by atomic mass is 127. The number of nitrogens with zero attached hydrogens (tertiary/aromatic N) is 5. The molecule has 0 spiro atoms. The summed E-state index contributed by atoms with van der Waals surface area (Å²) < 4.78 is 70.0. The second-order valence-corrected chi connectivity index (χ2v) is 13.9. The SMILES string of the molecule is COc1ccc(CN(Cc2ccc(OC)cc2)S(=O)(=O)c2c(S(=O)O)ccc(I)c2-c2nnn(Cc3ccc(OC)cc3)n2)cc1. The van der Waals surface area contributed by atoms with E-state index in [0.717, 1.165) is 5.56 Å². The minimum atomic E-state index is -4.48. The normalized spacial score (nSPS) is 12.2. The van der Waals surface area contributed by atoms with Gasteiger partial charge in [-0.3, -0.25) is 0 Å². The summed E-state index contributed by atoms with van der Waals surface area (Å²) >= 11 is -0.688. The number of hydrogen-bond acceptors (Lipinski definition) is 9. The van der Waals surface area contributed by atoms with Gasteiger partial charge in [-0.25, -0.2) is 12.6 Å². The summed E-state index contributed by atoms with van der Waals surface area (Å²) in [7, 11) is 0.193. The Labute approximate surface area is 282 Å². The van der Waals surface area contributed by atoms with Gasteiger partial charge in [-0.2, -0.15) is 9.10 Å². The van der Waals surface area contributed by atoms with Crippen molar-refractivity contribution in [3.8, 4) is 28.6 Å². The Kier molecular flexibility index (Phi) is 10.7. The Balaban J connectivity index is 1.60. The molecule has 12 nitrogen and oxygen atoms in total. The van der Waals surface area contributed by atoms with E-state index in [1.807, 2.05) is 34.7 Å². The van der Waals surface area contributed by atoms with Gasteiger partial charge in [0.1, 0.15) is 22.1 Å². The quantitative estimate of drug-likeness (QED) is 0.128. The molecule has 4 aromatic carbocycles. The molecule has 15 heteroatoms. The zero-order valence-corrected chi connectivity index (χ0v) is 28.8. The largest absolute Gasteiger partial charge is 0.497 e. The van der Waals surface area contributed by atoms with Gasteiger partial charge in [0, 0.05) is 16.7 Å². The second kappa shape index (κ2) is 14.7. The van der Waals surface area contributed by atoms with Crippen LogP contribution in [0.3, 0.4) is 0 Å². The summed E-state index contributed by atoms with van der Waals surface area (Å²) in [5.74, 6) is 1.94. The summed E-state index contributed by atoms with van der Waals surface area (Å²) in [5, 5.41) is 12.8. The van der Waals surface area contributed by atoms with E-state index in [1.165, 1.54) is 15.2 Å². The van der Waals surface area contributed by atoms with E-state index >= 15 is 0 Å². The Morgan fingerprint density at radius 3 is 1.72 bits per heavy atom. The van der Waals surface area contributed by atoms with E-state index in [9.17, 15) is 17.2 Å². The monoisotopic (exact) mass is 775 g/mol. The maximum absolute atomic E-state index is 14.8. The van der Waals surface area contributed by atoms with Crippen LogP contribution in [-0.4, -0.2) is 63.0 Å². The Morgan fingerprint density at radius 1 is 0.783 bits per heavy atom. The number of benzene rings is 4. The van der Waals surface area contributed by atoms with Crippen LogP contribution in [0.25, 0.3) is 11.4 Å². The maximum Gasteiger partial charge on any atom is 0.245 e. The summed E-state index contributed by atoms with van der Waals surface area (Å²) in [6.45, 7) is 0.166. The molecule has 0 bridgehead atoms. The first kappa shape index (κ1) is 33.5. The lowest BCUT2D eigenvalue weighted by atomic mass is 10.2. The number of hydrogen-bond donors (Lipinski definition) is 1. The van der Waals surface area contributed by atoms with Crippen LogP contribution in [0.2, 0.25) is 0 Å². The standard InChI is InChI=1S/C31H30IN5O7S2/c1-42-24-10-4-21(5-11-24)18-36(19-22-6-12-25(43-2)13-7-22)46(40,41)30-28(45(38)39)17-16-27(32)29(30)31-33-35-37(34-31)20-23-8-14-26(44-3)15-9-23/h4-17H,18-20H2,1-3H3,(H,38,39). The number of aromatic nitrogens is 4. The van der Waals surface area contributed by atoms with E-state index in [1.54, 1.807) is 88.1 Å². The molecule has 0 radical (unpaired) electrons. The van der Waals surface area contributed by atoms with Crippen LogP contribution in [0.15, 0.2) is 94.7 Å². The van der Waals surface area contributed by atoms with Crippen LogP contribution < -0.4 is 14.2 Å². The number of sulfonamides is 1. The lowest BCUT2D eigenvalue weighted by Gasteiger charge is -2.25. The molecule has 0 aliphatic heterocycles. The lowest BCUT2D eigenvalue weighted by Crippen LogP contribution is -2.31. The smallest absolute Gasteiger partial charge is 0.245 e. The molecule has 0 saturated carbocycles. The highest BCUT2D eigenvalue weighted by molar-refractivity contribution is 14.1. The highest BCUT2D eigenvalue weighted by Crippen LogP contribution is 2.37. The molecule has 5 aromatic rings. The zero-order chi connectivity index (χ0) is 32.8. The molecule has 46 heavy (non-hydrogen) atoms. The van der Waals surface area contributed by atoms with Crippen molar-refractivity contribution in [3.05, 3.63) is 105 Å². The van der Waals surface area contributed by atoms with Gasteiger partial charge in [-0.15, -0.1) is 10.2 Å². The van der Waals surface area contributed by atoms with Crippen LogP contribution in [0.1, 0.15) is 16.7 Å². The van der Waals surface area contributed by atoms with Crippen molar-refractivity contribution in [1.82, 2.24) is 24.5 Å². The van der Waals surface area contributed by atoms with Gasteiger partial charge in [0.15, 0.2) is 11.1 Å². The van der Waals surface area contributed by atoms with Crippen molar-refractivity contribution >= 4 is 43.7 Å². The van der Waals surface area contributed by atoms with E-state index in [2.05, 4.69) is 15.4 Å². The predicted molar refractivity (Wildman–Crippen MR) is 180 cm³/mol. The minimum Gasteiger partial charge on any atom is -0.497 e. The Morgan fingerprint density at radius 2 is 1.26 bits per heavy atom. The molecule has 1 aromatic heterocycles. The molecule has 240 valence electrons. The molecule has 1 unspecified atom stereocenters. The molecule has 5 rings (SSSR count). The van der Waals surface area contributed by atoms with Crippen molar-refractivity contribution < 1.29 is 31.4 Å². The van der Waals surface area contributed by atoms with Gasteiger partial charge in [-0.05, 0) is 93.0 Å². The van der Waals surface area contributed by atoms with Gasteiger partial charge in [0.2, 0.25) is 15.8 Å². The van der Waals surface area contributed by atoms with Crippen molar-refractivity contribution in [3.63, 3.8) is 0 Å². The third kappa shape index (κ3) is 7.55. The summed E-state index contributed by atoms with van der Waals surface area (Å²) in [5.41, 5.74) is 2.30. The van der Waals surface area contributed by atoms with Crippen LogP contribution in [0, 0.1) is 3.57 Å². The lowest BCUT2D eigenvalue weighted by molar-refractivity contribution is 0.396. The van der Waals surface area contributed by atoms with Crippen LogP contribution in [-0.2, 0) is 40.7 Å². The Bertz CT molecular complexity index is 1890. The summed E-state index contributed by atoms with van der Waals surface area (Å²) in [4.78, 5) is 0.668. The fourth-order valence-electron chi connectivity index (χ4n) is 4.67. The van der Waals surface area contributed by atoms with Gasteiger partial charge in [0.05, 0.1) is 38.3 Å². The van der Waals surface area contributed by atoms with Crippen molar-refractivity contribution in [2.45, 2.75) is 29.4 Å². The molecule has 0 aliphatic rings. The number of methoxy groups -OCH3 is 3. The zero-order valence-electron chi connectivity index (χ0n) is 25.0. The number of ether oxygens (including phenoxy) is 3. The molecule has 1 atom stereocenters. The maximum atomic E-state index is 14.8. The Hall–Kier alpha value is -3.90. The minimum absolute atomic E-state index is 0.00219. The third-order valence-corrected chi connectivity index (χ3v) is 10.7. The van der Waals surface area contributed by atoms with Crippen LogP contribution >= 0.6 is 22.6 Å². The average Bonchev–Trinajstić information content (AvgIpc) is 3.53. The average molecular weight is 776 g/mol. The molecule has 0 aliphatic carbocycles. The van der Waals surface area contributed by atoms with E-state index in [-0.39, 0.29) is 40.8 Å². The van der Waals surface area contributed by atoms with E-state index in [4.69, 9.17) is 14.2 Å². The van der Waals surface area contributed by atoms with Crippen molar-refractivity contribution in [2.75, 3.05) is 21.3 Å². The molecule has 0 fully saturated rings. The molecular weight excluding hydrogens is 745 g/mol. The molecule has 0 amide bonds. The van der Waals surface area contributed by atoms with Gasteiger partial charge in [0.25, 0.3) is 0 Å². The van der Waals surface area contributed by atoms with Gasteiger partial charge >= 0.3 is 0 Å². The highest BCUT2D eigenvalue weighted by Gasteiger charge is 2.35. The molecule has 1 N–H and O–H groups in total. The molecule has 1 heterocycles. The summed E-state index contributed by atoms with van der Waals surface area (Å²) in [6, 6.07) is 24.2. The number of halogens is 1. The first-order chi connectivity index (χ1) is 22.1. The van der Waals surface area contributed by atoms with Gasteiger partial charge < -0.3 is 18.8 Å². The third-order valence-electron chi connectivity index (χ3n) is 7.05. The van der Waals surface area contributed by atoms with E-state index < -0.39 is 21.1 Å². The molecular formula is C31H30IN5O7S2. The summed E-state index contributed by atoms with van der Waals surface area (Å²) in [6.07, 6.45) is 0. The van der Waals surface area contributed by atoms with Crippen molar-refractivity contribution in [1.29, 1.82) is 0 Å². The molecule has 0 saturated heterocycles. The first-order valence-corrected chi connectivity index (χ1v) is 17.4. The number of tetrazole rings is 1. The number of rotatable bonds is 13.